The number of aryl methyl sites for hydroxylation is 1. The molecule has 5 nitrogen and oxygen atoms in total. The molecule has 0 atom stereocenters. The van der Waals surface area contributed by atoms with Crippen molar-refractivity contribution in [1.82, 2.24) is 20.1 Å². The molecule has 4 aromatic rings. The number of piperazine rings is 1. The Hall–Kier alpha value is -3.44. The zero-order valence-corrected chi connectivity index (χ0v) is 17.8. The number of H-pyrrole nitrogens is 1. The summed E-state index contributed by atoms with van der Waals surface area (Å²) in [5.74, 6) is 1.09. The van der Waals surface area contributed by atoms with Gasteiger partial charge in [0.05, 0.1) is 11.9 Å². The van der Waals surface area contributed by atoms with Crippen LogP contribution in [-0.4, -0.2) is 46.3 Å². The van der Waals surface area contributed by atoms with E-state index in [1.54, 1.807) is 0 Å². The molecule has 0 bridgehead atoms. The standard InChI is InChI=1S/C26H27N5/c1-20-6-5-9-25(28-20)31-16-14-30(15-17-31)19-24-18-27-29-26(24)23-12-10-22(11-13-23)21-7-3-2-4-8-21/h2-13,18H,14-17,19H2,1H3,(H,27,29). The minimum atomic E-state index is 0.904. The van der Waals surface area contributed by atoms with E-state index in [0.717, 1.165) is 49.9 Å². The van der Waals surface area contributed by atoms with Crippen LogP contribution >= 0.6 is 0 Å². The first kappa shape index (κ1) is 19.5. The van der Waals surface area contributed by atoms with Gasteiger partial charge in [0.2, 0.25) is 0 Å². The van der Waals surface area contributed by atoms with E-state index in [1.807, 2.05) is 25.3 Å². The molecule has 1 saturated heterocycles. The van der Waals surface area contributed by atoms with Gasteiger partial charge in [-0.15, -0.1) is 0 Å². The van der Waals surface area contributed by atoms with Crippen molar-refractivity contribution in [3.8, 4) is 22.4 Å². The third-order valence-electron chi connectivity index (χ3n) is 5.96. The minimum absolute atomic E-state index is 0.904. The summed E-state index contributed by atoms with van der Waals surface area (Å²) in [6.07, 6.45) is 1.97. The van der Waals surface area contributed by atoms with Gasteiger partial charge in [0.15, 0.2) is 0 Å². The van der Waals surface area contributed by atoms with Crippen molar-refractivity contribution >= 4 is 5.82 Å². The molecule has 2 aromatic heterocycles. The van der Waals surface area contributed by atoms with Crippen molar-refractivity contribution in [1.29, 1.82) is 0 Å². The number of nitrogens with zero attached hydrogens (tertiary/aromatic N) is 4. The number of anilines is 1. The molecule has 0 radical (unpaired) electrons. The molecule has 1 aliphatic heterocycles. The Morgan fingerprint density at radius 1 is 0.774 bits per heavy atom. The lowest BCUT2D eigenvalue weighted by Gasteiger charge is -2.35. The Bertz CT molecular complexity index is 1130. The van der Waals surface area contributed by atoms with Gasteiger partial charge in [0, 0.05) is 44.0 Å². The normalized spacial score (nSPS) is 14.7. The molecule has 0 amide bonds. The molecule has 0 spiro atoms. The number of aromatic nitrogens is 3. The van der Waals surface area contributed by atoms with E-state index < -0.39 is 0 Å². The van der Waals surface area contributed by atoms with Crippen molar-refractivity contribution in [3.05, 3.63) is 90.3 Å². The topological polar surface area (TPSA) is 48.0 Å². The fourth-order valence-electron chi connectivity index (χ4n) is 4.22. The molecule has 1 N–H and O–H groups in total. The molecule has 3 heterocycles. The summed E-state index contributed by atoms with van der Waals surface area (Å²) in [6.45, 7) is 6.99. The average Bonchev–Trinajstić information content (AvgIpc) is 3.28. The molecule has 5 heteroatoms. The van der Waals surface area contributed by atoms with Crippen LogP contribution in [0.2, 0.25) is 0 Å². The second-order valence-corrected chi connectivity index (χ2v) is 8.11. The number of hydrogen-bond acceptors (Lipinski definition) is 4. The van der Waals surface area contributed by atoms with E-state index in [2.05, 4.69) is 85.6 Å². The SMILES string of the molecule is Cc1cccc(N2CCN(Cc3cn[nH]c3-c3ccc(-c4ccccc4)cc3)CC2)n1. The predicted octanol–water partition coefficient (Wildman–Crippen LogP) is 4.77. The van der Waals surface area contributed by atoms with E-state index in [-0.39, 0.29) is 0 Å². The molecule has 1 aliphatic rings. The summed E-state index contributed by atoms with van der Waals surface area (Å²) < 4.78 is 0. The molecule has 2 aromatic carbocycles. The minimum Gasteiger partial charge on any atom is -0.354 e. The van der Waals surface area contributed by atoms with Crippen LogP contribution in [0.5, 0.6) is 0 Å². The van der Waals surface area contributed by atoms with E-state index in [0.29, 0.717) is 0 Å². The lowest BCUT2D eigenvalue weighted by molar-refractivity contribution is 0.249. The van der Waals surface area contributed by atoms with Crippen LogP contribution in [0.15, 0.2) is 79.0 Å². The predicted molar refractivity (Wildman–Crippen MR) is 126 cm³/mol. The summed E-state index contributed by atoms with van der Waals surface area (Å²) in [5.41, 5.74) is 7.07. The Kier molecular flexibility index (Phi) is 5.50. The quantitative estimate of drug-likeness (QED) is 0.516. The largest absolute Gasteiger partial charge is 0.354 e. The van der Waals surface area contributed by atoms with Crippen molar-refractivity contribution < 1.29 is 0 Å². The summed E-state index contributed by atoms with van der Waals surface area (Å²) in [7, 11) is 0. The second kappa shape index (κ2) is 8.74. The first-order valence-corrected chi connectivity index (χ1v) is 10.9. The lowest BCUT2D eigenvalue weighted by atomic mass is 10.0. The van der Waals surface area contributed by atoms with Gasteiger partial charge in [-0.1, -0.05) is 60.7 Å². The lowest BCUT2D eigenvalue weighted by Crippen LogP contribution is -2.46. The first-order chi connectivity index (χ1) is 15.3. The number of rotatable bonds is 5. The Labute approximate surface area is 183 Å². The van der Waals surface area contributed by atoms with Crippen molar-refractivity contribution in [2.75, 3.05) is 31.1 Å². The van der Waals surface area contributed by atoms with Gasteiger partial charge in [-0.2, -0.15) is 5.10 Å². The molecule has 5 rings (SSSR count). The van der Waals surface area contributed by atoms with Gasteiger partial charge in [-0.3, -0.25) is 10.00 Å². The highest BCUT2D eigenvalue weighted by Crippen LogP contribution is 2.26. The van der Waals surface area contributed by atoms with Crippen LogP contribution in [0, 0.1) is 6.92 Å². The molecule has 0 unspecified atom stereocenters. The fraction of sp³-hybridized carbons (Fsp3) is 0.231. The Balaban J connectivity index is 1.25. The van der Waals surface area contributed by atoms with Gasteiger partial charge >= 0.3 is 0 Å². The number of benzene rings is 2. The van der Waals surface area contributed by atoms with Gasteiger partial charge in [-0.05, 0) is 35.7 Å². The summed E-state index contributed by atoms with van der Waals surface area (Å²) in [4.78, 5) is 9.55. The molecule has 0 saturated carbocycles. The van der Waals surface area contributed by atoms with Gasteiger partial charge in [0.25, 0.3) is 0 Å². The third kappa shape index (κ3) is 4.37. The van der Waals surface area contributed by atoms with Crippen LogP contribution in [0.4, 0.5) is 5.82 Å². The Morgan fingerprint density at radius 2 is 1.48 bits per heavy atom. The van der Waals surface area contributed by atoms with Crippen LogP contribution < -0.4 is 4.90 Å². The van der Waals surface area contributed by atoms with E-state index in [9.17, 15) is 0 Å². The smallest absolute Gasteiger partial charge is 0.128 e. The van der Waals surface area contributed by atoms with Crippen molar-refractivity contribution in [2.45, 2.75) is 13.5 Å². The summed E-state index contributed by atoms with van der Waals surface area (Å²) >= 11 is 0. The molecule has 31 heavy (non-hydrogen) atoms. The Morgan fingerprint density at radius 3 is 2.23 bits per heavy atom. The van der Waals surface area contributed by atoms with Gasteiger partial charge < -0.3 is 4.90 Å². The molecule has 0 aliphatic carbocycles. The number of aromatic amines is 1. The van der Waals surface area contributed by atoms with E-state index >= 15 is 0 Å². The maximum Gasteiger partial charge on any atom is 0.128 e. The monoisotopic (exact) mass is 409 g/mol. The third-order valence-corrected chi connectivity index (χ3v) is 5.96. The maximum atomic E-state index is 4.67. The summed E-state index contributed by atoms with van der Waals surface area (Å²) in [6, 6.07) is 25.5. The number of pyridine rings is 1. The molecule has 156 valence electrons. The maximum absolute atomic E-state index is 4.67. The number of nitrogens with one attached hydrogen (secondary N) is 1. The average molecular weight is 410 g/mol. The summed E-state index contributed by atoms with van der Waals surface area (Å²) in [5, 5.41) is 7.56. The highest BCUT2D eigenvalue weighted by Gasteiger charge is 2.20. The van der Waals surface area contributed by atoms with Crippen LogP contribution in [-0.2, 0) is 6.54 Å². The highest BCUT2D eigenvalue weighted by atomic mass is 15.3. The molecular formula is C26H27N5. The fourth-order valence-corrected chi connectivity index (χ4v) is 4.22. The van der Waals surface area contributed by atoms with Crippen molar-refractivity contribution in [2.24, 2.45) is 0 Å². The van der Waals surface area contributed by atoms with Crippen LogP contribution in [0.3, 0.4) is 0 Å². The molecule has 1 fully saturated rings. The zero-order chi connectivity index (χ0) is 21.0. The second-order valence-electron chi connectivity index (χ2n) is 8.11. The van der Waals surface area contributed by atoms with E-state index in [1.165, 1.54) is 22.3 Å². The number of hydrogen-bond donors (Lipinski definition) is 1. The molecular weight excluding hydrogens is 382 g/mol. The van der Waals surface area contributed by atoms with Gasteiger partial charge in [-0.25, -0.2) is 4.98 Å². The zero-order valence-electron chi connectivity index (χ0n) is 17.8. The van der Waals surface area contributed by atoms with Crippen LogP contribution in [0.25, 0.3) is 22.4 Å². The van der Waals surface area contributed by atoms with E-state index in [4.69, 9.17) is 0 Å². The highest BCUT2D eigenvalue weighted by molar-refractivity contribution is 5.70. The van der Waals surface area contributed by atoms with Crippen molar-refractivity contribution in [3.63, 3.8) is 0 Å². The first-order valence-electron chi connectivity index (χ1n) is 10.9. The van der Waals surface area contributed by atoms with Crippen LogP contribution in [0.1, 0.15) is 11.3 Å². The van der Waals surface area contributed by atoms with Gasteiger partial charge in [0.1, 0.15) is 5.82 Å².